The Kier molecular flexibility index (Phi) is 3.75. The average molecular weight is 422 g/mol. The normalized spacial score (nSPS) is 11.9. The number of aryl methyl sites for hydroxylation is 2. The minimum atomic E-state index is 1.21. The number of hydrogen-bond donors (Lipinski definition) is 0. The first-order valence-corrected chi connectivity index (χ1v) is 11.6. The number of rotatable bonds is 1. The summed E-state index contributed by atoms with van der Waals surface area (Å²) >= 11 is 0. The SMILES string of the molecule is Cc1c2ccccc2c(C)c2cc(-n3c4ccccc4c4c5ccccc5ccc43)ccc12. The molecule has 1 heteroatoms. The highest BCUT2D eigenvalue weighted by atomic mass is 15.0. The lowest BCUT2D eigenvalue weighted by molar-refractivity contribution is 1.19. The largest absolute Gasteiger partial charge is 0.309 e. The summed E-state index contributed by atoms with van der Waals surface area (Å²) in [5.74, 6) is 0. The summed E-state index contributed by atoms with van der Waals surface area (Å²) in [4.78, 5) is 0. The molecule has 33 heavy (non-hydrogen) atoms. The van der Waals surface area contributed by atoms with Gasteiger partial charge in [0.25, 0.3) is 0 Å². The number of fused-ring (bicyclic) bond motifs is 7. The lowest BCUT2D eigenvalue weighted by atomic mass is 9.93. The molecule has 0 aliphatic rings. The zero-order valence-electron chi connectivity index (χ0n) is 18.8. The molecule has 0 spiro atoms. The van der Waals surface area contributed by atoms with E-state index in [1.165, 1.54) is 70.9 Å². The lowest BCUT2D eigenvalue weighted by Crippen LogP contribution is -1.95. The van der Waals surface area contributed by atoms with Crippen molar-refractivity contribution in [1.82, 2.24) is 4.57 Å². The van der Waals surface area contributed by atoms with Crippen molar-refractivity contribution in [3.8, 4) is 5.69 Å². The van der Waals surface area contributed by atoms with Crippen molar-refractivity contribution < 1.29 is 0 Å². The Morgan fingerprint density at radius 1 is 0.455 bits per heavy atom. The van der Waals surface area contributed by atoms with E-state index < -0.39 is 0 Å². The maximum Gasteiger partial charge on any atom is 0.0547 e. The van der Waals surface area contributed by atoms with Gasteiger partial charge in [0.15, 0.2) is 0 Å². The molecule has 0 radical (unpaired) electrons. The molecule has 0 N–H and O–H groups in total. The van der Waals surface area contributed by atoms with E-state index in [0.717, 1.165) is 0 Å². The molecule has 7 rings (SSSR count). The van der Waals surface area contributed by atoms with Crippen LogP contribution in [0.1, 0.15) is 11.1 Å². The Bertz CT molecular complexity index is 1880. The molecule has 0 atom stereocenters. The van der Waals surface area contributed by atoms with Gasteiger partial charge in [0, 0.05) is 16.5 Å². The Morgan fingerprint density at radius 2 is 1.06 bits per heavy atom. The van der Waals surface area contributed by atoms with Crippen molar-refractivity contribution in [1.29, 1.82) is 0 Å². The summed E-state index contributed by atoms with van der Waals surface area (Å²) in [6.07, 6.45) is 0. The quantitative estimate of drug-likeness (QED) is 0.233. The topological polar surface area (TPSA) is 4.93 Å². The number of nitrogens with zero attached hydrogens (tertiary/aromatic N) is 1. The minimum Gasteiger partial charge on any atom is -0.309 e. The average Bonchev–Trinajstić information content (AvgIpc) is 3.22. The van der Waals surface area contributed by atoms with Crippen LogP contribution in [0.2, 0.25) is 0 Å². The summed E-state index contributed by atoms with van der Waals surface area (Å²) in [5, 5.41) is 10.6. The van der Waals surface area contributed by atoms with Crippen LogP contribution < -0.4 is 0 Å². The van der Waals surface area contributed by atoms with Crippen LogP contribution in [0.15, 0.2) is 103 Å². The number of hydrogen-bond acceptors (Lipinski definition) is 0. The molecule has 1 nitrogen and oxygen atoms in total. The molecule has 156 valence electrons. The van der Waals surface area contributed by atoms with Gasteiger partial charge in [-0.2, -0.15) is 0 Å². The first-order valence-electron chi connectivity index (χ1n) is 11.6. The summed E-state index contributed by atoms with van der Waals surface area (Å²) in [6, 6.07) is 37.7. The number of aromatic nitrogens is 1. The van der Waals surface area contributed by atoms with Crippen LogP contribution in [0.5, 0.6) is 0 Å². The van der Waals surface area contributed by atoms with E-state index in [2.05, 4.69) is 122 Å². The second-order valence-electron chi connectivity index (χ2n) is 9.06. The van der Waals surface area contributed by atoms with Crippen LogP contribution in [0, 0.1) is 13.8 Å². The van der Waals surface area contributed by atoms with Crippen molar-refractivity contribution in [2.24, 2.45) is 0 Å². The van der Waals surface area contributed by atoms with E-state index in [9.17, 15) is 0 Å². The van der Waals surface area contributed by atoms with Crippen molar-refractivity contribution in [2.75, 3.05) is 0 Å². The fourth-order valence-corrected chi connectivity index (χ4v) is 5.75. The second-order valence-corrected chi connectivity index (χ2v) is 9.06. The predicted molar refractivity (Wildman–Crippen MR) is 143 cm³/mol. The van der Waals surface area contributed by atoms with Gasteiger partial charge in [-0.15, -0.1) is 0 Å². The number of para-hydroxylation sites is 1. The molecule has 0 saturated heterocycles. The van der Waals surface area contributed by atoms with Gasteiger partial charge in [-0.3, -0.25) is 0 Å². The van der Waals surface area contributed by atoms with Gasteiger partial charge < -0.3 is 4.57 Å². The van der Waals surface area contributed by atoms with Crippen molar-refractivity contribution in [3.05, 3.63) is 114 Å². The molecule has 0 aliphatic carbocycles. The van der Waals surface area contributed by atoms with Crippen LogP contribution in [-0.2, 0) is 0 Å². The Hall–Kier alpha value is -4.10. The van der Waals surface area contributed by atoms with E-state index in [0.29, 0.717) is 0 Å². The second kappa shape index (κ2) is 6.70. The monoisotopic (exact) mass is 421 g/mol. The minimum absolute atomic E-state index is 1.21. The van der Waals surface area contributed by atoms with Crippen molar-refractivity contribution in [2.45, 2.75) is 13.8 Å². The molecular weight excluding hydrogens is 398 g/mol. The van der Waals surface area contributed by atoms with Crippen LogP contribution in [0.25, 0.3) is 59.8 Å². The summed E-state index contributed by atoms with van der Waals surface area (Å²) in [6.45, 7) is 4.50. The highest BCUT2D eigenvalue weighted by Gasteiger charge is 2.16. The zero-order chi connectivity index (χ0) is 22.1. The van der Waals surface area contributed by atoms with Gasteiger partial charge in [0.05, 0.1) is 11.0 Å². The fraction of sp³-hybridized carbons (Fsp3) is 0.0625. The van der Waals surface area contributed by atoms with Crippen LogP contribution >= 0.6 is 0 Å². The summed E-state index contributed by atoms with van der Waals surface area (Å²) in [5.41, 5.74) is 6.41. The third kappa shape index (κ3) is 2.48. The van der Waals surface area contributed by atoms with Crippen LogP contribution in [0.4, 0.5) is 0 Å². The molecular formula is C32H23N. The fourth-order valence-electron chi connectivity index (χ4n) is 5.75. The Labute approximate surface area is 192 Å². The Balaban J connectivity index is 1.63. The van der Waals surface area contributed by atoms with Crippen molar-refractivity contribution in [3.63, 3.8) is 0 Å². The van der Waals surface area contributed by atoms with E-state index in [-0.39, 0.29) is 0 Å². The molecule has 0 fully saturated rings. The van der Waals surface area contributed by atoms with E-state index in [1.807, 2.05) is 0 Å². The predicted octanol–water partition coefficient (Wildman–Crippen LogP) is 8.86. The van der Waals surface area contributed by atoms with Gasteiger partial charge in [0.1, 0.15) is 0 Å². The maximum absolute atomic E-state index is 2.43. The molecule has 0 aliphatic heterocycles. The molecule has 6 aromatic carbocycles. The molecule has 0 bridgehead atoms. The maximum atomic E-state index is 2.43. The van der Waals surface area contributed by atoms with Crippen LogP contribution in [0.3, 0.4) is 0 Å². The van der Waals surface area contributed by atoms with Gasteiger partial charge >= 0.3 is 0 Å². The smallest absolute Gasteiger partial charge is 0.0547 e. The van der Waals surface area contributed by atoms with Gasteiger partial charge in [-0.1, -0.05) is 78.9 Å². The molecule has 1 aromatic heterocycles. The van der Waals surface area contributed by atoms with Gasteiger partial charge in [0.2, 0.25) is 0 Å². The third-order valence-corrected chi connectivity index (χ3v) is 7.37. The van der Waals surface area contributed by atoms with Crippen LogP contribution in [-0.4, -0.2) is 4.57 Å². The van der Waals surface area contributed by atoms with Gasteiger partial charge in [-0.25, -0.2) is 0 Å². The highest BCUT2D eigenvalue weighted by Crippen LogP contribution is 2.38. The first-order chi connectivity index (χ1) is 16.2. The van der Waals surface area contributed by atoms with E-state index >= 15 is 0 Å². The van der Waals surface area contributed by atoms with E-state index in [1.54, 1.807) is 0 Å². The first kappa shape index (κ1) is 18.5. The van der Waals surface area contributed by atoms with Crippen molar-refractivity contribution >= 4 is 54.1 Å². The molecule has 1 heterocycles. The summed E-state index contributed by atoms with van der Waals surface area (Å²) in [7, 11) is 0. The zero-order valence-corrected chi connectivity index (χ0v) is 18.8. The molecule has 0 unspecified atom stereocenters. The van der Waals surface area contributed by atoms with E-state index in [4.69, 9.17) is 0 Å². The molecule has 0 amide bonds. The summed E-state index contributed by atoms with van der Waals surface area (Å²) < 4.78 is 2.43. The standard InChI is InChI=1S/C32H23N/c1-20-24-10-5-6-11-25(24)21(2)29-19-23(16-17-26(20)29)33-30-14-8-7-13-28(30)32-27-12-4-3-9-22(27)15-18-31(32)33/h3-19H,1-2H3. The molecule has 7 aromatic rings. The molecule has 0 saturated carbocycles. The third-order valence-electron chi connectivity index (χ3n) is 7.37. The lowest BCUT2D eigenvalue weighted by Gasteiger charge is -2.15. The number of benzene rings is 6. The highest BCUT2D eigenvalue weighted by molar-refractivity contribution is 6.21. The Morgan fingerprint density at radius 3 is 1.85 bits per heavy atom. The van der Waals surface area contributed by atoms with Gasteiger partial charge in [-0.05, 0) is 81.6 Å².